The molecule has 5 heteroatoms. The third-order valence-corrected chi connectivity index (χ3v) is 3.83. The molecule has 2 N–H and O–H groups in total. The van der Waals surface area contributed by atoms with Gasteiger partial charge in [0.05, 0.1) is 5.69 Å². The maximum Gasteiger partial charge on any atom is 0.239 e. The first kappa shape index (κ1) is 12.7. The average Bonchev–Trinajstić information content (AvgIpc) is 3.21. The summed E-state index contributed by atoms with van der Waals surface area (Å²) in [5.74, 6) is 1.84. The van der Waals surface area contributed by atoms with Crippen LogP contribution in [0.1, 0.15) is 49.3 Å². The van der Waals surface area contributed by atoms with Crippen molar-refractivity contribution in [1.82, 2.24) is 20.2 Å². The third-order valence-electron chi connectivity index (χ3n) is 3.83. The Labute approximate surface area is 113 Å². The predicted molar refractivity (Wildman–Crippen MR) is 72.9 cm³/mol. The van der Waals surface area contributed by atoms with Crippen LogP contribution >= 0.6 is 0 Å². The van der Waals surface area contributed by atoms with Crippen molar-refractivity contribution in [2.75, 3.05) is 13.1 Å². The lowest BCUT2D eigenvalue weighted by atomic mass is 10.2. The van der Waals surface area contributed by atoms with Crippen LogP contribution in [0.2, 0.25) is 0 Å². The Morgan fingerprint density at radius 1 is 1.53 bits per heavy atom. The van der Waals surface area contributed by atoms with Crippen molar-refractivity contribution >= 4 is 5.91 Å². The highest BCUT2D eigenvalue weighted by atomic mass is 16.1. The van der Waals surface area contributed by atoms with Crippen molar-refractivity contribution in [1.29, 1.82) is 0 Å². The predicted octanol–water partition coefficient (Wildman–Crippen LogP) is 0.932. The Morgan fingerprint density at radius 3 is 3.11 bits per heavy atom. The summed E-state index contributed by atoms with van der Waals surface area (Å²) < 4.78 is 2.18. The molecule has 0 bridgehead atoms. The van der Waals surface area contributed by atoms with Crippen LogP contribution < -0.4 is 10.6 Å². The first-order chi connectivity index (χ1) is 9.29. The molecule has 1 aromatic heterocycles. The summed E-state index contributed by atoms with van der Waals surface area (Å²) in [4.78, 5) is 16.7. The highest BCUT2D eigenvalue weighted by Gasteiger charge is 2.32. The zero-order chi connectivity index (χ0) is 13.2. The normalized spacial score (nSPS) is 18.2. The molecule has 0 spiro atoms. The first-order valence-electron chi connectivity index (χ1n) is 7.35. The Kier molecular flexibility index (Phi) is 3.55. The highest BCUT2D eigenvalue weighted by molar-refractivity contribution is 5.75. The summed E-state index contributed by atoms with van der Waals surface area (Å²) in [6.07, 6.45) is 4.41. The highest BCUT2D eigenvalue weighted by Crippen LogP contribution is 2.40. The molecule has 1 fully saturated rings. The number of aromatic nitrogens is 2. The molecule has 5 nitrogen and oxygen atoms in total. The quantitative estimate of drug-likeness (QED) is 0.830. The van der Waals surface area contributed by atoms with Crippen molar-refractivity contribution in [2.45, 2.75) is 51.6 Å². The van der Waals surface area contributed by atoms with Gasteiger partial charge >= 0.3 is 0 Å². The summed E-state index contributed by atoms with van der Waals surface area (Å²) in [6.45, 7) is 5.10. The fourth-order valence-electron chi connectivity index (χ4n) is 2.69. The van der Waals surface area contributed by atoms with Gasteiger partial charge in [0.15, 0.2) is 0 Å². The molecule has 0 aromatic carbocycles. The number of nitrogens with one attached hydrogen (secondary N) is 2. The van der Waals surface area contributed by atoms with E-state index in [0.717, 1.165) is 44.0 Å². The van der Waals surface area contributed by atoms with E-state index >= 15 is 0 Å². The number of amides is 1. The Bertz CT molecular complexity index is 476. The number of carbonyl (C=O) groups is 1. The topological polar surface area (TPSA) is 59.0 Å². The standard InChI is InChI=1S/C14H22N4O/c1-2-6-16-13(19)9-18-12-5-7-15-8-11(12)17-14(18)10-3-4-10/h10,15H,2-9H2,1H3,(H,16,19). The Hall–Kier alpha value is -1.36. The molecule has 104 valence electrons. The van der Waals surface area contributed by atoms with Gasteiger partial charge in [0.2, 0.25) is 5.91 Å². The summed E-state index contributed by atoms with van der Waals surface area (Å²) in [7, 11) is 0. The minimum Gasteiger partial charge on any atom is -0.355 e. The first-order valence-corrected chi connectivity index (χ1v) is 7.35. The lowest BCUT2D eigenvalue weighted by Gasteiger charge is -2.16. The molecule has 1 saturated carbocycles. The van der Waals surface area contributed by atoms with Gasteiger partial charge in [-0.1, -0.05) is 6.92 Å². The number of hydrogen-bond donors (Lipinski definition) is 2. The van der Waals surface area contributed by atoms with E-state index in [1.165, 1.54) is 18.5 Å². The molecular weight excluding hydrogens is 240 g/mol. The summed E-state index contributed by atoms with van der Waals surface area (Å²) >= 11 is 0. The van der Waals surface area contributed by atoms with Gasteiger partial charge in [0.1, 0.15) is 12.4 Å². The third kappa shape index (κ3) is 2.66. The number of carbonyl (C=O) groups excluding carboxylic acids is 1. The van der Waals surface area contributed by atoms with Crippen molar-refractivity contribution in [3.8, 4) is 0 Å². The molecular formula is C14H22N4O. The van der Waals surface area contributed by atoms with Crippen molar-refractivity contribution < 1.29 is 4.79 Å². The van der Waals surface area contributed by atoms with Gasteiger partial charge in [-0.2, -0.15) is 0 Å². The number of nitrogens with zero attached hydrogens (tertiary/aromatic N) is 2. The number of hydrogen-bond acceptors (Lipinski definition) is 3. The van der Waals surface area contributed by atoms with E-state index in [9.17, 15) is 4.79 Å². The fraction of sp³-hybridized carbons (Fsp3) is 0.714. The molecule has 1 amide bonds. The van der Waals surface area contributed by atoms with Gasteiger partial charge in [-0.25, -0.2) is 4.98 Å². The number of fused-ring (bicyclic) bond motifs is 1. The minimum atomic E-state index is 0.113. The average molecular weight is 262 g/mol. The van der Waals surface area contributed by atoms with Crippen LogP contribution in [-0.4, -0.2) is 28.5 Å². The zero-order valence-electron chi connectivity index (χ0n) is 11.5. The molecule has 3 rings (SSSR count). The van der Waals surface area contributed by atoms with E-state index in [4.69, 9.17) is 4.98 Å². The van der Waals surface area contributed by atoms with Crippen LogP contribution in [-0.2, 0) is 24.3 Å². The molecule has 0 radical (unpaired) electrons. The van der Waals surface area contributed by atoms with Gasteiger partial charge in [0, 0.05) is 37.7 Å². The van der Waals surface area contributed by atoms with Crippen LogP contribution in [0.15, 0.2) is 0 Å². The lowest BCUT2D eigenvalue weighted by Crippen LogP contribution is -2.31. The fourth-order valence-corrected chi connectivity index (χ4v) is 2.69. The van der Waals surface area contributed by atoms with E-state index in [-0.39, 0.29) is 5.91 Å². The van der Waals surface area contributed by atoms with Gasteiger partial charge < -0.3 is 15.2 Å². The SMILES string of the molecule is CCCNC(=O)Cn1c(C2CC2)nc2c1CCNC2. The number of rotatable bonds is 5. The van der Waals surface area contributed by atoms with Crippen LogP contribution in [0, 0.1) is 0 Å². The maximum absolute atomic E-state index is 12.0. The van der Waals surface area contributed by atoms with Gasteiger partial charge in [0.25, 0.3) is 0 Å². The van der Waals surface area contributed by atoms with Crippen molar-refractivity contribution in [2.24, 2.45) is 0 Å². The molecule has 1 aliphatic carbocycles. The van der Waals surface area contributed by atoms with Gasteiger partial charge in [-0.15, -0.1) is 0 Å². The van der Waals surface area contributed by atoms with E-state index < -0.39 is 0 Å². The van der Waals surface area contributed by atoms with E-state index in [2.05, 4.69) is 22.1 Å². The second-order valence-electron chi connectivity index (χ2n) is 5.50. The smallest absolute Gasteiger partial charge is 0.239 e. The second kappa shape index (κ2) is 5.33. The van der Waals surface area contributed by atoms with E-state index in [1.54, 1.807) is 0 Å². The molecule has 1 aromatic rings. The van der Waals surface area contributed by atoms with E-state index in [1.807, 2.05) is 0 Å². The van der Waals surface area contributed by atoms with Crippen molar-refractivity contribution in [3.05, 3.63) is 17.2 Å². The summed E-state index contributed by atoms with van der Waals surface area (Å²) in [6, 6.07) is 0. The number of imidazole rings is 1. The maximum atomic E-state index is 12.0. The Morgan fingerprint density at radius 2 is 2.37 bits per heavy atom. The largest absolute Gasteiger partial charge is 0.355 e. The monoisotopic (exact) mass is 262 g/mol. The lowest BCUT2D eigenvalue weighted by molar-refractivity contribution is -0.121. The van der Waals surface area contributed by atoms with Crippen molar-refractivity contribution in [3.63, 3.8) is 0 Å². The molecule has 19 heavy (non-hydrogen) atoms. The molecule has 2 aliphatic rings. The van der Waals surface area contributed by atoms with Crippen LogP contribution in [0.3, 0.4) is 0 Å². The molecule has 0 unspecified atom stereocenters. The zero-order valence-corrected chi connectivity index (χ0v) is 11.5. The van der Waals surface area contributed by atoms with Gasteiger partial charge in [-0.05, 0) is 19.3 Å². The molecule has 2 heterocycles. The summed E-state index contributed by atoms with van der Waals surface area (Å²) in [5.41, 5.74) is 2.42. The van der Waals surface area contributed by atoms with E-state index in [0.29, 0.717) is 12.5 Å². The Balaban J connectivity index is 1.81. The van der Waals surface area contributed by atoms with Gasteiger partial charge in [-0.3, -0.25) is 4.79 Å². The van der Waals surface area contributed by atoms with Crippen LogP contribution in [0.5, 0.6) is 0 Å². The van der Waals surface area contributed by atoms with Crippen LogP contribution in [0.25, 0.3) is 0 Å². The second-order valence-corrected chi connectivity index (χ2v) is 5.50. The molecule has 0 saturated heterocycles. The minimum absolute atomic E-state index is 0.113. The molecule has 1 aliphatic heterocycles. The molecule has 0 atom stereocenters. The van der Waals surface area contributed by atoms with Crippen LogP contribution in [0.4, 0.5) is 0 Å². The summed E-state index contributed by atoms with van der Waals surface area (Å²) in [5, 5.41) is 6.31.